The lowest BCUT2D eigenvalue weighted by Crippen LogP contribution is -2.13. The van der Waals surface area contributed by atoms with Gasteiger partial charge in [0.25, 0.3) is 5.91 Å². The van der Waals surface area contributed by atoms with Crippen molar-refractivity contribution in [3.05, 3.63) is 63.6 Å². The number of halogens is 1. The third-order valence-corrected chi connectivity index (χ3v) is 2.77. The van der Waals surface area contributed by atoms with E-state index in [2.05, 4.69) is 33.1 Å². The first kappa shape index (κ1) is 13.5. The van der Waals surface area contributed by atoms with Gasteiger partial charge in [0.15, 0.2) is 3.77 Å². The average molecular weight is 366 g/mol. The van der Waals surface area contributed by atoms with Crippen LogP contribution in [-0.4, -0.2) is 12.1 Å². The van der Waals surface area contributed by atoms with Gasteiger partial charge in [-0.2, -0.15) is 5.10 Å². The zero-order chi connectivity index (χ0) is 13.5. The molecule has 1 N–H and O–H groups in total. The highest BCUT2D eigenvalue weighted by Gasteiger charge is 1.95. The minimum atomic E-state index is -0.290. The lowest BCUT2D eigenvalue weighted by Gasteiger charge is -1.93. The van der Waals surface area contributed by atoms with Gasteiger partial charge in [0, 0.05) is 6.08 Å². The summed E-state index contributed by atoms with van der Waals surface area (Å²) in [6, 6.07) is 13.2. The number of carbonyl (C=O) groups excluding carboxylic acids is 1. The van der Waals surface area contributed by atoms with Gasteiger partial charge in [-0.3, -0.25) is 4.79 Å². The molecule has 0 aliphatic heterocycles. The van der Waals surface area contributed by atoms with E-state index in [-0.39, 0.29) is 5.91 Å². The number of hydrazone groups is 1. The third kappa shape index (κ3) is 4.70. The van der Waals surface area contributed by atoms with Crippen molar-refractivity contribution in [2.45, 2.75) is 0 Å². The molecule has 0 aliphatic rings. The SMILES string of the molecule is O=C(/C=C/c1ccccc1)N/N=C/c1ccc(I)o1. The van der Waals surface area contributed by atoms with E-state index in [1.165, 1.54) is 12.3 Å². The first-order chi connectivity index (χ1) is 9.24. The van der Waals surface area contributed by atoms with E-state index in [9.17, 15) is 4.79 Å². The Morgan fingerprint density at radius 2 is 2.00 bits per heavy atom. The van der Waals surface area contributed by atoms with Crippen LogP contribution in [0, 0.1) is 3.77 Å². The van der Waals surface area contributed by atoms with Crippen molar-refractivity contribution in [1.29, 1.82) is 0 Å². The van der Waals surface area contributed by atoms with Gasteiger partial charge < -0.3 is 4.42 Å². The summed E-state index contributed by atoms with van der Waals surface area (Å²) < 4.78 is 6.04. The number of rotatable bonds is 4. The van der Waals surface area contributed by atoms with Crippen molar-refractivity contribution in [1.82, 2.24) is 5.43 Å². The average Bonchev–Trinajstić information content (AvgIpc) is 2.83. The smallest absolute Gasteiger partial charge is 0.264 e. The second-order valence-electron chi connectivity index (χ2n) is 3.62. The van der Waals surface area contributed by atoms with Gasteiger partial charge in [-0.05, 0) is 46.4 Å². The molecule has 5 heteroatoms. The molecule has 0 spiro atoms. The molecule has 0 unspecified atom stereocenters. The molecule has 2 rings (SSSR count). The van der Waals surface area contributed by atoms with Crippen LogP contribution in [-0.2, 0) is 4.79 Å². The number of hydrogen-bond donors (Lipinski definition) is 1. The molecule has 1 aromatic heterocycles. The lowest BCUT2D eigenvalue weighted by molar-refractivity contribution is -0.116. The molecule has 1 heterocycles. The minimum absolute atomic E-state index is 0.290. The molecule has 4 nitrogen and oxygen atoms in total. The molecule has 0 radical (unpaired) electrons. The molecule has 2 aromatic rings. The summed E-state index contributed by atoms with van der Waals surface area (Å²) >= 11 is 2.06. The number of amides is 1. The molecule has 0 bridgehead atoms. The molecular weight excluding hydrogens is 355 g/mol. The monoisotopic (exact) mass is 366 g/mol. The van der Waals surface area contributed by atoms with Crippen molar-refractivity contribution >= 4 is 40.8 Å². The first-order valence-corrected chi connectivity index (χ1v) is 6.63. The van der Waals surface area contributed by atoms with E-state index >= 15 is 0 Å². The molecule has 19 heavy (non-hydrogen) atoms. The van der Waals surface area contributed by atoms with Gasteiger partial charge in [0.1, 0.15) is 5.76 Å². The summed E-state index contributed by atoms with van der Waals surface area (Å²) in [5.74, 6) is 0.304. The second-order valence-corrected chi connectivity index (χ2v) is 4.68. The molecule has 0 saturated carbocycles. The summed E-state index contributed by atoms with van der Waals surface area (Å²) in [5, 5.41) is 3.79. The molecule has 0 fully saturated rings. The summed E-state index contributed by atoms with van der Waals surface area (Å²) in [6.45, 7) is 0. The van der Waals surface area contributed by atoms with Crippen LogP contribution < -0.4 is 5.43 Å². The van der Waals surface area contributed by atoms with E-state index in [0.29, 0.717) is 5.76 Å². The van der Waals surface area contributed by atoms with Gasteiger partial charge in [0.05, 0.1) is 6.21 Å². The van der Waals surface area contributed by atoms with Gasteiger partial charge in [-0.15, -0.1) is 0 Å². The van der Waals surface area contributed by atoms with Crippen molar-refractivity contribution in [2.75, 3.05) is 0 Å². The number of nitrogens with zero attached hydrogens (tertiary/aromatic N) is 1. The Kier molecular flexibility index (Phi) is 4.91. The Morgan fingerprint density at radius 3 is 2.68 bits per heavy atom. The third-order valence-electron chi connectivity index (χ3n) is 2.19. The van der Waals surface area contributed by atoms with Crippen LogP contribution in [0.3, 0.4) is 0 Å². The summed E-state index contributed by atoms with van der Waals surface area (Å²) in [7, 11) is 0. The fourth-order valence-electron chi connectivity index (χ4n) is 1.33. The van der Waals surface area contributed by atoms with Crippen LogP contribution in [0.2, 0.25) is 0 Å². The molecule has 0 saturated heterocycles. The maximum absolute atomic E-state index is 11.5. The first-order valence-electron chi connectivity index (χ1n) is 5.55. The quantitative estimate of drug-likeness (QED) is 0.391. The number of furan rings is 1. The summed E-state index contributed by atoms with van der Waals surface area (Å²) in [6.07, 6.45) is 4.61. The minimum Gasteiger partial charge on any atom is -0.449 e. The van der Waals surface area contributed by atoms with E-state index in [4.69, 9.17) is 4.42 Å². The largest absolute Gasteiger partial charge is 0.449 e. The predicted molar refractivity (Wildman–Crippen MR) is 82.6 cm³/mol. The molecule has 1 amide bonds. The van der Waals surface area contributed by atoms with Crippen LogP contribution >= 0.6 is 22.6 Å². The van der Waals surface area contributed by atoms with Crippen molar-refractivity contribution in [3.8, 4) is 0 Å². The van der Waals surface area contributed by atoms with Crippen LogP contribution in [0.15, 0.2) is 58.1 Å². The molecule has 0 atom stereocenters. The predicted octanol–water partition coefficient (Wildman–Crippen LogP) is 3.05. The van der Waals surface area contributed by atoms with E-state index in [1.54, 1.807) is 12.1 Å². The van der Waals surface area contributed by atoms with Gasteiger partial charge in [-0.1, -0.05) is 30.3 Å². The van der Waals surface area contributed by atoms with Gasteiger partial charge in [-0.25, -0.2) is 5.43 Å². The van der Waals surface area contributed by atoms with E-state index in [0.717, 1.165) is 9.33 Å². The standard InChI is InChI=1S/C14H11IN2O2/c15-13-8-7-12(19-13)10-16-17-14(18)9-6-11-4-2-1-3-5-11/h1-10H,(H,17,18)/b9-6+,16-10+. The van der Waals surface area contributed by atoms with E-state index in [1.807, 2.05) is 36.4 Å². The number of carbonyl (C=O) groups is 1. The number of hydrogen-bond acceptors (Lipinski definition) is 3. The Morgan fingerprint density at radius 1 is 1.21 bits per heavy atom. The number of benzene rings is 1. The number of nitrogens with one attached hydrogen (secondary N) is 1. The fraction of sp³-hybridized carbons (Fsp3) is 0. The Bertz CT molecular complexity index is 603. The highest BCUT2D eigenvalue weighted by molar-refractivity contribution is 14.1. The fourth-order valence-corrected chi connectivity index (χ4v) is 1.76. The maximum atomic E-state index is 11.5. The molecular formula is C14H11IN2O2. The van der Waals surface area contributed by atoms with Gasteiger partial charge in [0.2, 0.25) is 0 Å². The van der Waals surface area contributed by atoms with Gasteiger partial charge >= 0.3 is 0 Å². The molecule has 0 aliphatic carbocycles. The maximum Gasteiger partial charge on any atom is 0.264 e. The summed E-state index contributed by atoms with van der Waals surface area (Å²) in [4.78, 5) is 11.5. The lowest BCUT2D eigenvalue weighted by atomic mass is 10.2. The Labute approximate surface area is 124 Å². The van der Waals surface area contributed by atoms with E-state index < -0.39 is 0 Å². The zero-order valence-corrected chi connectivity index (χ0v) is 12.1. The van der Waals surface area contributed by atoms with Crippen LogP contribution in [0.4, 0.5) is 0 Å². The Balaban J connectivity index is 1.85. The topological polar surface area (TPSA) is 54.6 Å². The van der Waals surface area contributed by atoms with Crippen molar-refractivity contribution in [2.24, 2.45) is 5.10 Å². The molecule has 1 aromatic carbocycles. The van der Waals surface area contributed by atoms with Crippen LogP contribution in [0.1, 0.15) is 11.3 Å². The normalized spacial score (nSPS) is 11.2. The molecule has 96 valence electrons. The Hall–Kier alpha value is -1.89. The van der Waals surface area contributed by atoms with Crippen molar-refractivity contribution in [3.63, 3.8) is 0 Å². The highest BCUT2D eigenvalue weighted by Crippen LogP contribution is 2.07. The highest BCUT2D eigenvalue weighted by atomic mass is 127. The second kappa shape index (κ2) is 6.89. The van der Waals surface area contributed by atoms with Crippen LogP contribution in [0.25, 0.3) is 6.08 Å². The zero-order valence-electron chi connectivity index (χ0n) is 9.92. The summed E-state index contributed by atoms with van der Waals surface area (Å²) in [5.41, 5.74) is 3.35. The van der Waals surface area contributed by atoms with Crippen molar-refractivity contribution < 1.29 is 9.21 Å². The van der Waals surface area contributed by atoms with Crippen LogP contribution in [0.5, 0.6) is 0 Å².